The second-order valence-electron chi connectivity index (χ2n) is 5.99. The molecule has 1 N–H and O–H groups in total. The standard InChI is InChI=1S/C18H21FN2O3S/c1-24-12-11-21-10-2-3-14-4-7-16(13-18(14)21)20-25(22,23)17-8-5-15(19)6-9-17/h4-9,13,20H,2-3,10-12H2,1H3. The van der Waals surface area contributed by atoms with Crippen LogP contribution in [0.5, 0.6) is 0 Å². The van der Waals surface area contributed by atoms with Crippen LogP contribution in [0.4, 0.5) is 15.8 Å². The van der Waals surface area contributed by atoms with E-state index in [1.807, 2.05) is 12.1 Å². The first-order valence-electron chi connectivity index (χ1n) is 8.15. The summed E-state index contributed by atoms with van der Waals surface area (Å²) in [6.45, 7) is 2.30. The van der Waals surface area contributed by atoms with Gasteiger partial charge in [-0.15, -0.1) is 0 Å². The summed E-state index contributed by atoms with van der Waals surface area (Å²) >= 11 is 0. The number of nitrogens with one attached hydrogen (secondary N) is 1. The second-order valence-corrected chi connectivity index (χ2v) is 7.67. The third-order valence-corrected chi connectivity index (χ3v) is 5.64. The zero-order chi connectivity index (χ0) is 17.9. The van der Waals surface area contributed by atoms with Crippen LogP contribution in [0.15, 0.2) is 47.4 Å². The minimum atomic E-state index is -3.75. The lowest BCUT2D eigenvalue weighted by Crippen LogP contribution is -2.32. The van der Waals surface area contributed by atoms with Crippen molar-refractivity contribution in [2.45, 2.75) is 17.7 Å². The Morgan fingerprint density at radius 1 is 1.20 bits per heavy atom. The number of aryl methyl sites for hydroxylation is 1. The topological polar surface area (TPSA) is 58.6 Å². The molecule has 0 aliphatic carbocycles. The van der Waals surface area contributed by atoms with Gasteiger partial charge in [0.05, 0.1) is 17.2 Å². The Kier molecular flexibility index (Phi) is 5.24. The van der Waals surface area contributed by atoms with Gasteiger partial charge in [0.25, 0.3) is 10.0 Å². The largest absolute Gasteiger partial charge is 0.383 e. The number of rotatable bonds is 6. The molecule has 1 aliphatic heterocycles. The van der Waals surface area contributed by atoms with Crippen molar-refractivity contribution in [2.75, 3.05) is 36.4 Å². The van der Waals surface area contributed by atoms with Crippen LogP contribution in [0, 0.1) is 5.82 Å². The van der Waals surface area contributed by atoms with Crippen molar-refractivity contribution in [2.24, 2.45) is 0 Å². The molecule has 0 saturated carbocycles. The van der Waals surface area contributed by atoms with E-state index in [0.29, 0.717) is 12.3 Å². The Hall–Kier alpha value is -2.12. The van der Waals surface area contributed by atoms with Crippen LogP contribution in [-0.2, 0) is 21.2 Å². The highest BCUT2D eigenvalue weighted by atomic mass is 32.2. The maximum Gasteiger partial charge on any atom is 0.261 e. The van der Waals surface area contributed by atoms with Gasteiger partial charge < -0.3 is 9.64 Å². The molecule has 2 aromatic rings. The van der Waals surface area contributed by atoms with Gasteiger partial charge in [-0.1, -0.05) is 6.07 Å². The zero-order valence-corrected chi connectivity index (χ0v) is 14.9. The fourth-order valence-corrected chi connectivity index (χ4v) is 4.03. The van der Waals surface area contributed by atoms with Crippen LogP contribution in [0.25, 0.3) is 0 Å². The molecule has 0 saturated heterocycles. The van der Waals surface area contributed by atoms with Crippen molar-refractivity contribution in [3.8, 4) is 0 Å². The Balaban J connectivity index is 1.85. The quantitative estimate of drug-likeness (QED) is 0.856. The first kappa shape index (κ1) is 17.7. The molecular formula is C18H21FN2O3S. The van der Waals surface area contributed by atoms with E-state index in [9.17, 15) is 12.8 Å². The summed E-state index contributed by atoms with van der Waals surface area (Å²) in [4.78, 5) is 2.24. The molecule has 134 valence electrons. The SMILES string of the molecule is COCCN1CCCc2ccc(NS(=O)(=O)c3ccc(F)cc3)cc21. The summed E-state index contributed by atoms with van der Waals surface area (Å²) in [6, 6.07) is 10.3. The molecule has 5 nitrogen and oxygen atoms in total. The molecule has 0 amide bonds. The first-order chi connectivity index (χ1) is 12.0. The summed E-state index contributed by atoms with van der Waals surface area (Å²) in [7, 11) is -2.09. The molecule has 0 spiro atoms. The van der Waals surface area contributed by atoms with Gasteiger partial charge in [-0.05, 0) is 54.8 Å². The number of methoxy groups -OCH3 is 1. The number of fused-ring (bicyclic) bond motifs is 1. The van der Waals surface area contributed by atoms with Crippen molar-refractivity contribution in [1.82, 2.24) is 0 Å². The van der Waals surface area contributed by atoms with Crippen LogP contribution >= 0.6 is 0 Å². The summed E-state index contributed by atoms with van der Waals surface area (Å²) < 4.78 is 45.7. The molecule has 0 atom stereocenters. The third-order valence-electron chi connectivity index (χ3n) is 4.24. The third kappa shape index (κ3) is 4.11. The highest BCUT2D eigenvalue weighted by Crippen LogP contribution is 2.30. The number of halogens is 1. The van der Waals surface area contributed by atoms with Crippen molar-refractivity contribution >= 4 is 21.4 Å². The van der Waals surface area contributed by atoms with Gasteiger partial charge in [0, 0.05) is 25.9 Å². The number of anilines is 2. The lowest BCUT2D eigenvalue weighted by atomic mass is 10.0. The number of benzene rings is 2. The maximum atomic E-state index is 13.0. The first-order valence-corrected chi connectivity index (χ1v) is 9.63. The molecular weight excluding hydrogens is 343 g/mol. The van der Waals surface area contributed by atoms with Crippen LogP contribution in [-0.4, -0.2) is 35.2 Å². The fraction of sp³-hybridized carbons (Fsp3) is 0.333. The summed E-state index contributed by atoms with van der Waals surface area (Å²) in [5, 5.41) is 0. The molecule has 2 aromatic carbocycles. The lowest BCUT2D eigenvalue weighted by molar-refractivity contribution is 0.205. The molecule has 25 heavy (non-hydrogen) atoms. The predicted octanol–water partition coefficient (Wildman–Crippen LogP) is 3.03. The van der Waals surface area contributed by atoms with Crippen LogP contribution in [0.3, 0.4) is 0 Å². The molecule has 0 bridgehead atoms. The van der Waals surface area contributed by atoms with E-state index >= 15 is 0 Å². The van der Waals surface area contributed by atoms with Crippen molar-refractivity contribution < 1.29 is 17.5 Å². The van der Waals surface area contributed by atoms with Gasteiger partial charge in [0.2, 0.25) is 0 Å². The van der Waals surface area contributed by atoms with Gasteiger partial charge in [-0.3, -0.25) is 4.72 Å². The van der Waals surface area contributed by atoms with E-state index in [2.05, 4.69) is 9.62 Å². The van der Waals surface area contributed by atoms with Crippen molar-refractivity contribution in [1.29, 1.82) is 0 Å². The number of nitrogens with zero attached hydrogens (tertiary/aromatic N) is 1. The number of ether oxygens (including phenoxy) is 1. The Labute approximate surface area is 147 Å². The van der Waals surface area contributed by atoms with Gasteiger partial charge >= 0.3 is 0 Å². The van der Waals surface area contributed by atoms with Crippen LogP contribution in [0.2, 0.25) is 0 Å². The highest BCUT2D eigenvalue weighted by Gasteiger charge is 2.19. The molecule has 3 rings (SSSR count). The van der Waals surface area contributed by atoms with E-state index in [1.54, 1.807) is 13.2 Å². The Bertz CT molecular complexity index is 838. The van der Waals surface area contributed by atoms with Gasteiger partial charge in [-0.25, -0.2) is 12.8 Å². The van der Waals surface area contributed by atoms with Crippen molar-refractivity contribution in [3.63, 3.8) is 0 Å². The highest BCUT2D eigenvalue weighted by molar-refractivity contribution is 7.92. The minimum absolute atomic E-state index is 0.0304. The van der Waals surface area contributed by atoms with Gasteiger partial charge in [-0.2, -0.15) is 0 Å². The average molecular weight is 364 g/mol. The van der Waals surface area contributed by atoms with E-state index in [4.69, 9.17) is 4.74 Å². The van der Waals surface area contributed by atoms with E-state index in [-0.39, 0.29) is 4.90 Å². The molecule has 7 heteroatoms. The van der Waals surface area contributed by atoms with Crippen LogP contribution in [0.1, 0.15) is 12.0 Å². The maximum absolute atomic E-state index is 13.0. The lowest BCUT2D eigenvalue weighted by Gasteiger charge is -2.31. The van der Waals surface area contributed by atoms with Crippen LogP contribution < -0.4 is 9.62 Å². The van der Waals surface area contributed by atoms with Gasteiger partial charge in [0.1, 0.15) is 5.82 Å². The number of hydrogen-bond donors (Lipinski definition) is 1. The van der Waals surface area contributed by atoms with Gasteiger partial charge in [0.15, 0.2) is 0 Å². The number of hydrogen-bond acceptors (Lipinski definition) is 4. The summed E-state index contributed by atoms with van der Waals surface area (Å²) in [6.07, 6.45) is 2.04. The van der Waals surface area contributed by atoms with Crippen molar-refractivity contribution in [3.05, 3.63) is 53.8 Å². The van der Waals surface area contributed by atoms with E-state index in [1.165, 1.54) is 17.7 Å². The Morgan fingerprint density at radius 2 is 1.96 bits per heavy atom. The zero-order valence-electron chi connectivity index (χ0n) is 14.0. The smallest absolute Gasteiger partial charge is 0.261 e. The molecule has 1 heterocycles. The molecule has 0 unspecified atom stereocenters. The van der Waals surface area contributed by atoms with E-state index in [0.717, 1.165) is 43.8 Å². The molecule has 0 fully saturated rings. The second kappa shape index (κ2) is 7.41. The summed E-state index contributed by atoms with van der Waals surface area (Å²) in [5.74, 6) is -0.471. The van der Waals surface area contributed by atoms with E-state index < -0.39 is 15.8 Å². The Morgan fingerprint density at radius 3 is 2.68 bits per heavy atom. The fourth-order valence-electron chi connectivity index (χ4n) is 2.98. The normalized spacial score (nSPS) is 14.2. The molecule has 1 aliphatic rings. The minimum Gasteiger partial charge on any atom is -0.383 e. The predicted molar refractivity (Wildman–Crippen MR) is 96.1 cm³/mol. The number of sulfonamides is 1. The monoisotopic (exact) mass is 364 g/mol. The molecule has 0 aromatic heterocycles. The summed E-state index contributed by atoms with van der Waals surface area (Å²) in [5.41, 5.74) is 2.72. The molecule has 0 radical (unpaired) electrons. The average Bonchev–Trinajstić information content (AvgIpc) is 2.60.